The van der Waals surface area contributed by atoms with Crippen molar-refractivity contribution in [2.45, 2.75) is 62.5 Å². The molecular weight excluding hydrogens is 426 g/mol. The molecule has 2 amide bonds. The molecule has 2 heterocycles. The monoisotopic (exact) mass is 453 g/mol. The number of hydrogen-bond acceptors (Lipinski definition) is 7. The van der Waals surface area contributed by atoms with Crippen LogP contribution in [-0.4, -0.2) is 52.4 Å². The van der Waals surface area contributed by atoms with E-state index in [1.807, 2.05) is 18.2 Å². The van der Waals surface area contributed by atoms with Crippen molar-refractivity contribution in [3.05, 3.63) is 35.5 Å². The van der Waals surface area contributed by atoms with Crippen LogP contribution >= 0.6 is 0 Å². The summed E-state index contributed by atoms with van der Waals surface area (Å²) in [5, 5.41) is 23.0. The average molecular weight is 453 g/mol. The van der Waals surface area contributed by atoms with E-state index in [1.165, 1.54) is 0 Å². The maximum atomic E-state index is 12.6. The number of carbonyl (C=O) groups is 2. The van der Waals surface area contributed by atoms with E-state index in [2.05, 4.69) is 20.8 Å². The molecule has 6 rings (SSSR count). The van der Waals surface area contributed by atoms with Crippen molar-refractivity contribution >= 4 is 23.5 Å². The van der Waals surface area contributed by atoms with Crippen LogP contribution in [0.1, 0.15) is 49.3 Å². The van der Waals surface area contributed by atoms with E-state index in [-0.39, 0.29) is 36.0 Å². The van der Waals surface area contributed by atoms with Crippen LogP contribution in [0.3, 0.4) is 0 Å². The molecule has 3 saturated carbocycles. The van der Waals surface area contributed by atoms with Gasteiger partial charge in [0.25, 0.3) is 6.41 Å². The third kappa shape index (κ3) is 3.78. The molecule has 1 aromatic carbocycles. The zero-order valence-corrected chi connectivity index (χ0v) is 18.3. The van der Waals surface area contributed by atoms with E-state index in [4.69, 9.17) is 9.47 Å². The number of alkyl carbamates (subject to hydrolysis) is 1. The number of ether oxygens (including phenoxy) is 2. The van der Waals surface area contributed by atoms with Crippen molar-refractivity contribution in [3.8, 4) is 5.75 Å². The SMILES string of the molecule is CN1c2cccc(CC(=O)Nc3cc(C4CCC(OC(=O)NC56CC5C6)C4)[nH]n3)c2OC1O. The number of carbonyl (C=O) groups excluding carboxylic acids is 2. The van der Waals surface area contributed by atoms with E-state index in [0.717, 1.165) is 43.5 Å². The summed E-state index contributed by atoms with van der Waals surface area (Å²) in [4.78, 5) is 26.3. The number of benzene rings is 1. The Morgan fingerprint density at radius 3 is 2.97 bits per heavy atom. The molecule has 0 bridgehead atoms. The summed E-state index contributed by atoms with van der Waals surface area (Å²) in [7, 11) is 1.73. The van der Waals surface area contributed by atoms with Gasteiger partial charge in [-0.25, -0.2) is 4.79 Å². The van der Waals surface area contributed by atoms with Gasteiger partial charge >= 0.3 is 6.09 Å². The molecule has 0 radical (unpaired) electrons. The van der Waals surface area contributed by atoms with Crippen LogP contribution in [0, 0.1) is 5.92 Å². The van der Waals surface area contributed by atoms with Gasteiger partial charge in [-0.2, -0.15) is 5.10 Å². The third-order valence-electron chi connectivity index (χ3n) is 7.36. The Hall–Kier alpha value is -3.27. The predicted octanol–water partition coefficient (Wildman–Crippen LogP) is 2.22. The average Bonchev–Trinajstić information content (AvgIpc) is 3.32. The summed E-state index contributed by atoms with van der Waals surface area (Å²) in [6.45, 7) is 0. The van der Waals surface area contributed by atoms with Crippen molar-refractivity contribution in [1.82, 2.24) is 15.5 Å². The van der Waals surface area contributed by atoms with Gasteiger partial charge in [-0.3, -0.25) is 9.89 Å². The minimum absolute atomic E-state index is 0.0766. The summed E-state index contributed by atoms with van der Waals surface area (Å²) >= 11 is 0. The van der Waals surface area contributed by atoms with E-state index >= 15 is 0 Å². The number of H-pyrrole nitrogens is 1. The molecule has 1 aliphatic heterocycles. The number of para-hydroxylation sites is 1. The quantitative estimate of drug-likeness (QED) is 0.528. The Labute approximate surface area is 190 Å². The number of aromatic nitrogens is 2. The fourth-order valence-corrected chi connectivity index (χ4v) is 5.02. The van der Waals surface area contributed by atoms with Gasteiger partial charge in [0.15, 0.2) is 11.6 Å². The maximum absolute atomic E-state index is 12.6. The van der Waals surface area contributed by atoms with Crippen molar-refractivity contribution in [3.63, 3.8) is 0 Å². The molecule has 1 aromatic heterocycles. The summed E-state index contributed by atoms with van der Waals surface area (Å²) < 4.78 is 11.1. The minimum Gasteiger partial charge on any atom is -0.446 e. The highest BCUT2D eigenvalue weighted by Gasteiger charge is 2.71. The van der Waals surface area contributed by atoms with Gasteiger partial charge in [-0.1, -0.05) is 12.1 Å². The number of amides is 2. The van der Waals surface area contributed by atoms with Crippen LogP contribution in [0.15, 0.2) is 24.3 Å². The van der Waals surface area contributed by atoms with Gasteiger partial charge in [0, 0.05) is 35.8 Å². The minimum atomic E-state index is -1.05. The van der Waals surface area contributed by atoms with Gasteiger partial charge in [0.2, 0.25) is 5.91 Å². The predicted molar refractivity (Wildman–Crippen MR) is 118 cm³/mol. The number of aliphatic hydroxyl groups excluding tert-OH is 1. The van der Waals surface area contributed by atoms with Gasteiger partial charge in [0.05, 0.1) is 12.1 Å². The van der Waals surface area contributed by atoms with Gasteiger partial charge in [-0.15, -0.1) is 0 Å². The summed E-state index contributed by atoms with van der Waals surface area (Å²) in [5.41, 5.74) is 2.44. The molecule has 10 nitrogen and oxygen atoms in total. The number of rotatable bonds is 6. The van der Waals surface area contributed by atoms with Crippen LogP contribution in [-0.2, 0) is 16.0 Å². The number of aliphatic hydroxyl groups is 1. The third-order valence-corrected chi connectivity index (χ3v) is 7.36. The second-order valence-electron chi connectivity index (χ2n) is 9.68. The number of hydrogen-bond donors (Lipinski definition) is 4. The summed E-state index contributed by atoms with van der Waals surface area (Å²) in [5.74, 6) is 1.64. The summed E-state index contributed by atoms with van der Waals surface area (Å²) in [6.07, 6.45) is 3.28. The molecule has 4 aliphatic rings. The molecular formula is C23H27N5O5. The van der Waals surface area contributed by atoms with Crippen molar-refractivity contribution < 1.29 is 24.2 Å². The molecule has 4 N–H and O–H groups in total. The first-order chi connectivity index (χ1) is 15.9. The van der Waals surface area contributed by atoms with E-state index < -0.39 is 6.41 Å². The molecule has 10 heteroatoms. The zero-order chi connectivity index (χ0) is 22.7. The van der Waals surface area contributed by atoms with Crippen LogP contribution in [0.25, 0.3) is 0 Å². The highest BCUT2D eigenvalue weighted by molar-refractivity contribution is 5.92. The first kappa shape index (κ1) is 20.3. The number of anilines is 2. The molecule has 174 valence electrons. The Morgan fingerprint density at radius 1 is 1.36 bits per heavy atom. The lowest BCUT2D eigenvalue weighted by molar-refractivity contribution is -0.115. The van der Waals surface area contributed by atoms with Gasteiger partial charge in [0.1, 0.15) is 6.10 Å². The van der Waals surface area contributed by atoms with E-state index in [9.17, 15) is 14.7 Å². The van der Waals surface area contributed by atoms with E-state index in [1.54, 1.807) is 18.0 Å². The van der Waals surface area contributed by atoms with E-state index in [0.29, 0.717) is 23.0 Å². The maximum Gasteiger partial charge on any atom is 0.407 e. The Bertz CT molecular complexity index is 1110. The number of aromatic amines is 1. The fourth-order valence-electron chi connectivity index (χ4n) is 5.02. The topological polar surface area (TPSA) is 129 Å². The van der Waals surface area contributed by atoms with Crippen LogP contribution < -0.4 is 20.3 Å². The van der Waals surface area contributed by atoms with Crippen molar-refractivity contribution in [2.75, 3.05) is 17.3 Å². The smallest absolute Gasteiger partial charge is 0.407 e. The lowest BCUT2D eigenvalue weighted by atomic mass is 10.0. The fraction of sp³-hybridized carbons (Fsp3) is 0.522. The normalized spacial score (nSPS) is 30.8. The summed E-state index contributed by atoms with van der Waals surface area (Å²) in [6, 6.07) is 7.31. The standard InChI is InChI=1S/C23H27N5O5/c1-28-17-4-2-3-13(20(17)33-22(28)31)8-19(29)24-18-9-16(26-27-18)12-5-6-15(7-12)32-21(30)25-23-10-14(23)11-23/h2-4,9,12,14-15,22,31H,5-8,10-11H2,1H3,(H,25,30)(H2,24,26,27,29). The number of fused-ring (bicyclic) bond motifs is 2. The molecule has 3 fully saturated rings. The van der Waals surface area contributed by atoms with Crippen LogP contribution in [0.4, 0.5) is 16.3 Å². The van der Waals surface area contributed by atoms with Gasteiger partial charge < -0.3 is 30.1 Å². The second-order valence-corrected chi connectivity index (χ2v) is 9.68. The Kier molecular flexibility index (Phi) is 4.55. The highest BCUT2D eigenvalue weighted by Crippen LogP contribution is 2.66. The Morgan fingerprint density at radius 2 is 2.18 bits per heavy atom. The number of nitrogens with zero attached hydrogens (tertiary/aromatic N) is 2. The number of nitrogens with one attached hydrogen (secondary N) is 3. The van der Waals surface area contributed by atoms with Crippen LogP contribution in [0.5, 0.6) is 5.75 Å². The molecule has 0 saturated heterocycles. The first-order valence-electron chi connectivity index (χ1n) is 11.4. The molecule has 3 aliphatic carbocycles. The largest absolute Gasteiger partial charge is 0.446 e. The van der Waals surface area contributed by atoms with Crippen LogP contribution in [0.2, 0.25) is 0 Å². The molecule has 3 atom stereocenters. The van der Waals surface area contributed by atoms with Crippen molar-refractivity contribution in [2.24, 2.45) is 5.92 Å². The second kappa shape index (κ2) is 7.38. The molecule has 33 heavy (non-hydrogen) atoms. The molecule has 3 unspecified atom stereocenters. The lowest BCUT2D eigenvalue weighted by Gasteiger charge is -2.14. The lowest BCUT2D eigenvalue weighted by Crippen LogP contribution is -2.33. The van der Waals surface area contributed by atoms with Crippen molar-refractivity contribution in [1.29, 1.82) is 0 Å². The van der Waals surface area contributed by atoms with Gasteiger partial charge in [-0.05, 0) is 44.1 Å². The first-order valence-corrected chi connectivity index (χ1v) is 11.4. The zero-order valence-electron chi connectivity index (χ0n) is 18.3. The molecule has 2 aromatic rings. The highest BCUT2D eigenvalue weighted by atomic mass is 16.6. The Balaban J connectivity index is 1.02. The molecule has 0 spiro atoms.